The lowest BCUT2D eigenvalue weighted by atomic mass is 9.83. The number of alkyl halides is 3. The van der Waals surface area contributed by atoms with Crippen LogP contribution in [0.3, 0.4) is 0 Å². The summed E-state index contributed by atoms with van der Waals surface area (Å²) in [5, 5.41) is 0. The lowest BCUT2D eigenvalue weighted by molar-refractivity contribution is -0.143. The lowest BCUT2D eigenvalue weighted by Crippen LogP contribution is -2.36. The van der Waals surface area contributed by atoms with Gasteiger partial charge in [-0.05, 0) is 62.3 Å². The minimum absolute atomic E-state index is 0.209. The summed E-state index contributed by atoms with van der Waals surface area (Å²) >= 11 is 0. The molecule has 4 rings (SSSR count). The van der Waals surface area contributed by atoms with E-state index in [0.717, 1.165) is 38.1 Å². The molecule has 0 amide bonds. The average Bonchev–Trinajstić information content (AvgIpc) is 3.20. The van der Waals surface area contributed by atoms with E-state index >= 15 is 0 Å². The summed E-state index contributed by atoms with van der Waals surface area (Å²) in [5.74, 6) is -0.677. The zero-order valence-corrected chi connectivity index (χ0v) is 17.9. The highest BCUT2D eigenvalue weighted by atomic mass is 19.4. The molecule has 7 heteroatoms. The van der Waals surface area contributed by atoms with Gasteiger partial charge in [0.05, 0.1) is 5.60 Å². The first-order chi connectivity index (χ1) is 14.8. The number of aromatic nitrogens is 2. The van der Waals surface area contributed by atoms with Crippen LogP contribution in [0.4, 0.5) is 17.6 Å². The normalized spacial score (nSPS) is 20.4. The third-order valence-electron chi connectivity index (χ3n) is 6.10. The van der Waals surface area contributed by atoms with E-state index < -0.39 is 17.7 Å². The molecule has 1 spiro atoms. The number of pyridine rings is 2. The van der Waals surface area contributed by atoms with E-state index in [-0.39, 0.29) is 5.60 Å². The summed E-state index contributed by atoms with van der Waals surface area (Å²) in [5.41, 5.74) is 0.530. The zero-order valence-electron chi connectivity index (χ0n) is 17.9. The first-order valence-corrected chi connectivity index (χ1v) is 11.1. The number of hydrogen-bond acceptors (Lipinski definition) is 3. The van der Waals surface area contributed by atoms with Gasteiger partial charge in [-0.2, -0.15) is 13.2 Å². The largest absolute Gasteiger partial charge is 0.436 e. The fraction of sp³-hybridized carbons (Fsp3) is 0.583. The highest BCUT2D eigenvalue weighted by Crippen LogP contribution is 2.44. The summed E-state index contributed by atoms with van der Waals surface area (Å²) in [6, 6.07) is 7.16. The molecule has 2 aromatic heterocycles. The molecule has 1 atom stereocenters. The Labute approximate surface area is 181 Å². The molecule has 3 heterocycles. The molecule has 0 bridgehead atoms. The van der Waals surface area contributed by atoms with Gasteiger partial charge in [0.25, 0.3) is 0 Å². The van der Waals surface area contributed by atoms with Crippen LogP contribution in [0, 0.1) is 5.82 Å². The maximum absolute atomic E-state index is 13.0. The summed E-state index contributed by atoms with van der Waals surface area (Å²) in [6.07, 6.45) is 8.08. The molecule has 31 heavy (non-hydrogen) atoms. The van der Waals surface area contributed by atoms with Crippen molar-refractivity contribution in [3.05, 3.63) is 59.4 Å². The second-order valence-corrected chi connectivity index (χ2v) is 8.46. The fourth-order valence-electron chi connectivity index (χ4n) is 4.47. The quantitative estimate of drug-likeness (QED) is 0.489. The molecule has 2 aromatic rings. The monoisotopic (exact) mass is 438 g/mol. The van der Waals surface area contributed by atoms with Gasteiger partial charge in [0.15, 0.2) is 11.5 Å². The van der Waals surface area contributed by atoms with Gasteiger partial charge in [-0.15, -0.1) is 0 Å². The van der Waals surface area contributed by atoms with Gasteiger partial charge < -0.3 is 4.74 Å². The Morgan fingerprint density at radius 3 is 2.55 bits per heavy atom. The SMILES string of the molecule is CCCCc1cnc(C(F)(F)F)c(F)c1.c1ccc([C@@H]2CCOC3(CCCC3)C2)nc1. The molecule has 0 N–H and O–H groups in total. The van der Waals surface area contributed by atoms with E-state index in [2.05, 4.69) is 22.1 Å². The van der Waals surface area contributed by atoms with Crippen molar-refractivity contribution in [3.8, 4) is 0 Å². The predicted octanol–water partition coefficient (Wildman–Crippen LogP) is 6.87. The fourth-order valence-corrected chi connectivity index (χ4v) is 4.47. The number of rotatable bonds is 4. The van der Waals surface area contributed by atoms with Crippen molar-refractivity contribution in [1.82, 2.24) is 9.97 Å². The van der Waals surface area contributed by atoms with Gasteiger partial charge >= 0.3 is 6.18 Å². The second kappa shape index (κ2) is 10.5. The minimum atomic E-state index is -4.71. The van der Waals surface area contributed by atoms with Crippen LogP contribution >= 0.6 is 0 Å². The van der Waals surface area contributed by atoms with Gasteiger partial charge in [0.2, 0.25) is 0 Å². The molecule has 3 nitrogen and oxygen atoms in total. The van der Waals surface area contributed by atoms with Crippen LogP contribution in [0.15, 0.2) is 36.7 Å². The van der Waals surface area contributed by atoms with Crippen molar-refractivity contribution in [2.45, 2.75) is 82.4 Å². The molecule has 170 valence electrons. The van der Waals surface area contributed by atoms with Gasteiger partial charge in [-0.25, -0.2) is 9.37 Å². The molecule has 2 aliphatic rings. The van der Waals surface area contributed by atoms with Crippen molar-refractivity contribution in [1.29, 1.82) is 0 Å². The van der Waals surface area contributed by atoms with E-state index in [0.29, 0.717) is 17.9 Å². The summed E-state index contributed by atoms with van der Waals surface area (Å²) in [4.78, 5) is 7.60. The lowest BCUT2D eigenvalue weighted by Gasteiger charge is -2.38. The molecule has 0 radical (unpaired) electrons. The Balaban J connectivity index is 0.000000176. The van der Waals surface area contributed by atoms with E-state index in [1.54, 1.807) is 0 Å². The molecule has 1 aliphatic carbocycles. The van der Waals surface area contributed by atoms with E-state index in [9.17, 15) is 17.6 Å². The molecule has 1 saturated carbocycles. The molecule has 1 aliphatic heterocycles. The Morgan fingerprint density at radius 1 is 1.16 bits per heavy atom. The number of halogens is 4. The third-order valence-corrected chi connectivity index (χ3v) is 6.10. The standard InChI is InChI=1S/C14H19NO.C10H11F4N/c1-4-9-15-13(5-1)12-6-10-16-14(11-12)7-2-3-8-14;1-2-3-4-7-5-8(11)9(15-6-7)10(12,13)14/h1,4-5,9,12H,2-3,6-8,10-11H2;5-6H,2-4H2,1H3/t12-;/m1./s1. The second-order valence-electron chi connectivity index (χ2n) is 8.46. The third kappa shape index (κ3) is 6.48. The van der Waals surface area contributed by atoms with E-state index in [1.807, 2.05) is 19.2 Å². The van der Waals surface area contributed by atoms with E-state index in [1.165, 1.54) is 37.8 Å². The van der Waals surface area contributed by atoms with Gasteiger partial charge in [0, 0.05) is 30.6 Å². The number of aryl methyl sites for hydroxylation is 1. The average molecular weight is 439 g/mol. The predicted molar refractivity (Wildman–Crippen MR) is 111 cm³/mol. The topological polar surface area (TPSA) is 35.0 Å². The van der Waals surface area contributed by atoms with Crippen molar-refractivity contribution in [2.24, 2.45) is 0 Å². The number of unbranched alkanes of at least 4 members (excludes halogenated alkanes) is 1. The summed E-state index contributed by atoms with van der Waals surface area (Å²) < 4.78 is 55.4. The zero-order chi connectivity index (χ0) is 22.3. The van der Waals surface area contributed by atoms with Crippen LogP contribution in [0.25, 0.3) is 0 Å². The molecular weight excluding hydrogens is 408 g/mol. The van der Waals surface area contributed by atoms with Crippen molar-refractivity contribution in [3.63, 3.8) is 0 Å². The van der Waals surface area contributed by atoms with Gasteiger partial charge in [-0.3, -0.25) is 4.98 Å². The molecule has 1 saturated heterocycles. The smallest absolute Gasteiger partial charge is 0.375 e. The molecular formula is C24H30F4N2O. The summed E-state index contributed by atoms with van der Waals surface area (Å²) in [7, 11) is 0. The van der Waals surface area contributed by atoms with Gasteiger partial charge in [0.1, 0.15) is 0 Å². The van der Waals surface area contributed by atoms with Crippen molar-refractivity contribution >= 4 is 0 Å². The van der Waals surface area contributed by atoms with Crippen LogP contribution in [0.1, 0.15) is 81.2 Å². The Hall–Kier alpha value is -2.02. The number of nitrogens with zero attached hydrogens (tertiary/aromatic N) is 2. The Morgan fingerprint density at radius 2 is 1.94 bits per heavy atom. The molecule has 0 unspecified atom stereocenters. The highest BCUT2D eigenvalue weighted by Gasteiger charge is 2.40. The minimum Gasteiger partial charge on any atom is -0.375 e. The Bertz CT molecular complexity index is 820. The van der Waals surface area contributed by atoms with Crippen LogP contribution in [0.2, 0.25) is 0 Å². The highest BCUT2D eigenvalue weighted by molar-refractivity contribution is 5.18. The summed E-state index contributed by atoms with van der Waals surface area (Å²) in [6.45, 7) is 2.87. The van der Waals surface area contributed by atoms with Crippen molar-refractivity contribution < 1.29 is 22.3 Å². The van der Waals surface area contributed by atoms with E-state index in [4.69, 9.17) is 4.74 Å². The first kappa shape index (κ1) is 23.6. The van der Waals surface area contributed by atoms with Crippen LogP contribution < -0.4 is 0 Å². The van der Waals surface area contributed by atoms with Crippen LogP contribution in [-0.4, -0.2) is 22.2 Å². The number of hydrogen-bond donors (Lipinski definition) is 0. The maximum atomic E-state index is 13.0. The van der Waals surface area contributed by atoms with Gasteiger partial charge in [-0.1, -0.05) is 32.3 Å². The molecule has 2 fully saturated rings. The van der Waals surface area contributed by atoms with Crippen LogP contribution in [0.5, 0.6) is 0 Å². The Kier molecular flexibility index (Phi) is 8.03. The van der Waals surface area contributed by atoms with Crippen molar-refractivity contribution in [2.75, 3.05) is 6.61 Å². The maximum Gasteiger partial charge on any atom is 0.436 e. The molecule has 0 aromatic carbocycles. The first-order valence-electron chi connectivity index (χ1n) is 11.1. The van der Waals surface area contributed by atoms with Crippen LogP contribution in [-0.2, 0) is 17.3 Å². The number of ether oxygens (including phenoxy) is 1.